The van der Waals surface area contributed by atoms with Gasteiger partial charge >= 0.3 is 5.97 Å². The second-order valence-electron chi connectivity index (χ2n) is 10.5. The molecule has 1 aliphatic heterocycles. The summed E-state index contributed by atoms with van der Waals surface area (Å²) < 4.78 is 5.07. The van der Waals surface area contributed by atoms with Crippen molar-refractivity contribution in [2.45, 2.75) is 56.0 Å². The summed E-state index contributed by atoms with van der Waals surface area (Å²) >= 11 is 6.09. The number of fused-ring (bicyclic) bond motifs is 1. The van der Waals surface area contributed by atoms with Crippen LogP contribution in [-0.4, -0.2) is 66.2 Å². The number of piperidine rings is 1. The number of carboxylic acids is 1. The van der Waals surface area contributed by atoms with Gasteiger partial charge in [0.2, 0.25) is 11.8 Å². The van der Waals surface area contributed by atoms with Crippen LogP contribution >= 0.6 is 11.6 Å². The van der Waals surface area contributed by atoms with Crippen molar-refractivity contribution in [2.75, 3.05) is 26.8 Å². The first kappa shape index (κ1) is 28.1. The lowest BCUT2D eigenvalue weighted by Crippen LogP contribution is -2.64. The molecule has 4 atom stereocenters. The highest BCUT2D eigenvalue weighted by atomic mass is 35.5. The number of nitrogens with two attached hydrogens (primary N) is 1. The Kier molecular flexibility index (Phi) is 9.07. The van der Waals surface area contributed by atoms with Gasteiger partial charge in [-0.3, -0.25) is 14.4 Å². The van der Waals surface area contributed by atoms with E-state index in [2.05, 4.69) is 11.4 Å². The summed E-state index contributed by atoms with van der Waals surface area (Å²) in [6.45, 7) is 0.851. The number of rotatable bonds is 10. The smallest absolute Gasteiger partial charge is 0.304 e. The van der Waals surface area contributed by atoms with Crippen molar-refractivity contribution in [1.82, 2.24) is 10.2 Å². The highest BCUT2D eigenvalue weighted by molar-refractivity contribution is 6.30. The number of carbonyl (C=O) groups excluding carboxylic acids is 2. The SMILES string of the molecule is COCC(N)C(=O)NC1(Cc2ccc(Cl)cc2)CCCN(C(=O)C(CC(=O)O)[C@H]2CCc3ccccc32)C1. The van der Waals surface area contributed by atoms with Crippen LogP contribution in [0.15, 0.2) is 48.5 Å². The average molecular weight is 542 g/mol. The average Bonchev–Trinajstić information content (AvgIpc) is 3.32. The molecule has 0 saturated carbocycles. The van der Waals surface area contributed by atoms with Gasteiger partial charge in [-0.15, -0.1) is 0 Å². The third kappa shape index (κ3) is 6.54. The number of amides is 2. The summed E-state index contributed by atoms with van der Waals surface area (Å²) in [6.07, 6.45) is 3.15. The highest BCUT2D eigenvalue weighted by Crippen LogP contribution is 2.41. The standard InChI is InChI=1S/C29H36ClN3O5/c1-38-17-25(31)27(36)32-29(16-19-7-10-21(30)11-8-19)13-4-14-33(18-29)28(37)24(15-26(34)35)23-12-9-20-5-2-3-6-22(20)23/h2-3,5-8,10-11,23-25H,4,9,12-18,31H2,1H3,(H,32,36)(H,34,35)/t23-,24?,25?,29?/m0/s1. The van der Waals surface area contributed by atoms with Gasteiger partial charge in [0.05, 0.1) is 24.5 Å². The number of carboxylic acid groups (broad SMARTS) is 1. The van der Waals surface area contributed by atoms with Crippen LogP contribution in [0.1, 0.15) is 48.3 Å². The van der Waals surface area contributed by atoms with Gasteiger partial charge in [0, 0.05) is 25.2 Å². The lowest BCUT2D eigenvalue weighted by Gasteiger charge is -2.45. The van der Waals surface area contributed by atoms with E-state index >= 15 is 0 Å². The monoisotopic (exact) mass is 541 g/mol. The molecule has 0 spiro atoms. The zero-order chi connectivity index (χ0) is 27.3. The Morgan fingerprint density at radius 1 is 1.21 bits per heavy atom. The van der Waals surface area contributed by atoms with Crippen LogP contribution in [0, 0.1) is 5.92 Å². The molecule has 0 bridgehead atoms. The Morgan fingerprint density at radius 2 is 1.95 bits per heavy atom. The van der Waals surface area contributed by atoms with E-state index < -0.39 is 23.5 Å². The molecule has 8 nitrogen and oxygen atoms in total. The summed E-state index contributed by atoms with van der Waals surface area (Å²) in [5.74, 6) is -2.33. The summed E-state index contributed by atoms with van der Waals surface area (Å²) in [5.41, 5.74) is 8.49. The Morgan fingerprint density at radius 3 is 2.66 bits per heavy atom. The molecule has 1 fully saturated rings. The first-order valence-corrected chi connectivity index (χ1v) is 13.5. The number of likely N-dealkylation sites (tertiary alicyclic amines) is 1. The molecule has 0 aromatic heterocycles. The highest BCUT2D eigenvalue weighted by Gasteiger charge is 2.43. The molecule has 38 heavy (non-hydrogen) atoms. The van der Waals surface area contributed by atoms with Crippen LogP contribution in [0.25, 0.3) is 0 Å². The van der Waals surface area contributed by atoms with Crippen LogP contribution < -0.4 is 11.1 Å². The van der Waals surface area contributed by atoms with Crippen LogP contribution in [0.3, 0.4) is 0 Å². The van der Waals surface area contributed by atoms with E-state index in [9.17, 15) is 19.5 Å². The number of nitrogens with zero attached hydrogens (tertiary/aromatic N) is 1. The Labute approximate surface area is 228 Å². The van der Waals surface area contributed by atoms with Crippen molar-refractivity contribution in [3.8, 4) is 0 Å². The van der Waals surface area contributed by atoms with Gasteiger partial charge in [-0.05, 0) is 66.8 Å². The van der Waals surface area contributed by atoms with Gasteiger partial charge < -0.3 is 25.8 Å². The molecular formula is C29H36ClN3O5. The molecule has 9 heteroatoms. The van der Waals surface area contributed by atoms with E-state index in [1.807, 2.05) is 30.3 Å². The van der Waals surface area contributed by atoms with Gasteiger partial charge in [-0.1, -0.05) is 48.0 Å². The van der Waals surface area contributed by atoms with Crippen molar-refractivity contribution in [2.24, 2.45) is 11.7 Å². The van der Waals surface area contributed by atoms with Crippen molar-refractivity contribution < 1.29 is 24.2 Å². The number of nitrogens with one attached hydrogen (secondary N) is 1. The maximum Gasteiger partial charge on any atom is 0.304 e. The predicted molar refractivity (Wildman–Crippen MR) is 145 cm³/mol. The summed E-state index contributed by atoms with van der Waals surface area (Å²) in [6, 6.07) is 14.6. The van der Waals surface area contributed by atoms with E-state index in [1.165, 1.54) is 12.7 Å². The quantitative estimate of drug-likeness (QED) is 0.425. The number of hydrogen-bond acceptors (Lipinski definition) is 5. The first-order chi connectivity index (χ1) is 18.2. The molecule has 4 rings (SSSR count). The number of hydrogen-bond donors (Lipinski definition) is 3. The van der Waals surface area contributed by atoms with Crippen molar-refractivity contribution >= 4 is 29.4 Å². The fourth-order valence-electron chi connectivity index (χ4n) is 6.05. The van der Waals surface area contributed by atoms with Gasteiger partial charge in [-0.25, -0.2) is 0 Å². The number of methoxy groups -OCH3 is 1. The zero-order valence-corrected chi connectivity index (χ0v) is 22.5. The minimum absolute atomic E-state index is 0.0767. The number of aliphatic carboxylic acids is 1. The van der Waals surface area contributed by atoms with Crippen LogP contribution in [0.5, 0.6) is 0 Å². The van der Waals surface area contributed by atoms with Crippen molar-refractivity contribution in [1.29, 1.82) is 0 Å². The largest absolute Gasteiger partial charge is 0.481 e. The first-order valence-electron chi connectivity index (χ1n) is 13.1. The van der Waals surface area contributed by atoms with Crippen LogP contribution in [0.2, 0.25) is 5.02 Å². The summed E-state index contributed by atoms with van der Waals surface area (Å²) in [4.78, 5) is 40.7. The second-order valence-corrected chi connectivity index (χ2v) is 11.0. The number of ether oxygens (including phenoxy) is 1. The lowest BCUT2D eigenvalue weighted by atomic mass is 9.80. The van der Waals surface area contributed by atoms with Crippen LogP contribution in [-0.2, 0) is 32.0 Å². The number of aryl methyl sites for hydroxylation is 1. The Balaban J connectivity index is 1.61. The third-order valence-corrected chi connectivity index (χ3v) is 8.04. The topological polar surface area (TPSA) is 122 Å². The molecule has 1 aliphatic carbocycles. The molecule has 3 unspecified atom stereocenters. The maximum atomic E-state index is 14.0. The van der Waals surface area contributed by atoms with E-state index in [4.69, 9.17) is 22.1 Å². The molecule has 2 aromatic carbocycles. The van der Waals surface area contributed by atoms with Crippen LogP contribution in [0.4, 0.5) is 0 Å². The summed E-state index contributed by atoms with van der Waals surface area (Å²) in [7, 11) is 1.49. The zero-order valence-electron chi connectivity index (χ0n) is 21.7. The molecule has 2 aliphatic rings. The Hall–Kier alpha value is -2.94. The molecule has 204 valence electrons. The lowest BCUT2D eigenvalue weighted by molar-refractivity contribution is -0.147. The minimum Gasteiger partial charge on any atom is -0.481 e. The maximum absolute atomic E-state index is 14.0. The molecule has 4 N–H and O–H groups in total. The minimum atomic E-state index is -0.990. The van der Waals surface area contributed by atoms with Gasteiger partial charge in [0.15, 0.2) is 0 Å². The van der Waals surface area contributed by atoms with Gasteiger partial charge in [0.25, 0.3) is 0 Å². The molecule has 1 heterocycles. The number of benzene rings is 2. The fourth-order valence-corrected chi connectivity index (χ4v) is 6.17. The molecule has 2 aromatic rings. The van der Waals surface area contributed by atoms with Gasteiger partial charge in [0.1, 0.15) is 6.04 Å². The van der Waals surface area contributed by atoms with E-state index in [-0.39, 0.29) is 37.3 Å². The number of halogens is 1. The van der Waals surface area contributed by atoms with Gasteiger partial charge in [-0.2, -0.15) is 0 Å². The molecular weight excluding hydrogens is 506 g/mol. The second kappa shape index (κ2) is 12.3. The third-order valence-electron chi connectivity index (χ3n) is 7.79. The predicted octanol–water partition coefficient (Wildman–Crippen LogP) is 3.15. The van der Waals surface area contributed by atoms with Crippen molar-refractivity contribution in [3.05, 3.63) is 70.2 Å². The molecule has 1 saturated heterocycles. The fraction of sp³-hybridized carbons (Fsp3) is 0.483. The summed E-state index contributed by atoms with van der Waals surface area (Å²) in [5, 5.41) is 13.5. The van der Waals surface area contributed by atoms with E-state index in [0.717, 1.165) is 24.0 Å². The Bertz CT molecular complexity index is 1160. The number of carbonyl (C=O) groups is 3. The van der Waals surface area contributed by atoms with Crippen molar-refractivity contribution in [3.63, 3.8) is 0 Å². The normalized spacial score (nSPS) is 22.4. The molecule has 2 amide bonds. The van der Waals surface area contributed by atoms with E-state index in [1.54, 1.807) is 17.0 Å². The van der Waals surface area contributed by atoms with E-state index in [0.29, 0.717) is 30.8 Å². The molecule has 0 radical (unpaired) electrons.